The predicted octanol–water partition coefficient (Wildman–Crippen LogP) is 28.6. The third kappa shape index (κ3) is 77.7. The van der Waals surface area contributed by atoms with Gasteiger partial charge in [-0.05, 0) is 200 Å². The SMILES string of the molecule is CCCCC/C=C/C/C=C/CCCCCCCCC(CCCCCCCC/C=C/C/C=C/CCCCC)OC(=O)C(CCCCN(CCCCCC(=O)OCCC(OCCCCCCCC)OCCCCCCCC)CCCCCC(=O)OCCC(OCCCCCCCC)OCCCCCCCC)CCCN1CCN(C)CC1. The van der Waals surface area contributed by atoms with Gasteiger partial charge in [-0.15, -0.1) is 0 Å². The van der Waals surface area contributed by atoms with Crippen LogP contribution in [-0.2, 0) is 47.5 Å². The Hall–Kier alpha value is -2.91. The van der Waals surface area contributed by atoms with Crippen LogP contribution in [-0.4, -0.2) is 150 Å². The van der Waals surface area contributed by atoms with Crippen LogP contribution in [0.15, 0.2) is 48.6 Å². The molecule has 0 aromatic carbocycles. The summed E-state index contributed by atoms with van der Waals surface area (Å²) < 4.78 is 43.4. The molecule has 1 rings (SSSR count). The number of nitrogens with zero attached hydrogens (tertiary/aromatic N) is 3. The molecule has 0 saturated carbocycles. The molecule has 0 bridgehead atoms. The summed E-state index contributed by atoms with van der Waals surface area (Å²) in [5.41, 5.74) is 0. The van der Waals surface area contributed by atoms with E-state index in [-0.39, 0.29) is 42.5 Å². The average molecular weight is 1610 g/mol. The van der Waals surface area contributed by atoms with Gasteiger partial charge in [-0.1, -0.05) is 315 Å². The number of esters is 3. The largest absolute Gasteiger partial charge is 0.465 e. The molecule has 1 aliphatic heterocycles. The van der Waals surface area contributed by atoms with Crippen LogP contribution in [0.1, 0.15) is 459 Å². The van der Waals surface area contributed by atoms with E-state index in [0.717, 1.165) is 187 Å². The topological polar surface area (TPSA) is 126 Å². The normalized spacial score (nSPS) is 13.6. The van der Waals surface area contributed by atoms with Crippen LogP contribution in [0.2, 0.25) is 0 Å². The van der Waals surface area contributed by atoms with Crippen LogP contribution in [0, 0.1) is 5.92 Å². The molecule has 0 aromatic heterocycles. The molecule has 0 N–H and O–H groups in total. The first-order valence-electron chi connectivity index (χ1n) is 49.9. The van der Waals surface area contributed by atoms with Gasteiger partial charge in [0.05, 0.1) is 19.1 Å². The van der Waals surface area contributed by atoms with Crippen molar-refractivity contribution in [2.45, 2.75) is 478 Å². The molecular formula is C101H191N3O10. The van der Waals surface area contributed by atoms with Gasteiger partial charge in [-0.25, -0.2) is 0 Å². The van der Waals surface area contributed by atoms with Crippen molar-refractivity contribution in [1.29, 1.82) is 0 Å². The molecule has 0 spiro atoms. The minimum absolute atomic E-state index is 0.00947. The predicted molar refractivity (Wildman–Crippen MR) is 488 cm³/mol. The molecule has 0 radical (unpaired) electrons. The zero-order valence-electron chi connectivity index (χ0n) is 76.7. The van der Waals surface area contributed by atoms with E-state index < -0.39 is 0 Å². The summed E-state index contributed by atoms with van der Waals surface area (Å²) in [4.78, 5) is 48.8. The minimum atomic E-state index is -0.340. The van der Waals surface area contributed by atoms with Crippen molar-refractivity contribution in [3.8, 4) is 0 Å². The standard InChI is InChI=1S/C101H191N3O10/c1-8-14-20-26-32-34-36-38-40-42-44-46-48-50-52-60-75-96(76-61-53-51-49-47-45-43-41-39-37-35-33-27-21-15-9-2)114-101(107)95(74-72-84-104-87-85-102(7)86-88-104)73-64-67-83-103(81-65-58-62-77-97(105)108-93-79-99(110-89-68-54-28-22-16-10-3)111-90-69-55-29-23-17-11-4)82-66-59-63-78-98(106)109-94-80-100(112-91-70-56-30-24-18-12-5)113-92-71-57-31-25-19-13-6/h32-35,38-41,95-96,99-100H,8-31,36-37,42-94H2,1-7H3/b34-32+,35-33+,40-38+,41-39+. The van der Waals surface area contributed by atoms with Crippen molar-refractivity contribution < 1.29 is 47.5 Å². The second kappa shape index (κ2) is 89.4. The monoisotopic (exact) mass is 1610 g/mol. The van der Waals surface area contributed by atoms with Crippen LogP contribution in [0.5, 0.6) is 0 Å². The van der Waals surface area contributed by atoms with Gasteiger partial charge in [0.15, 0.2) is 12.6 Å². The summed E-state index contributed by atoms with van der Waals surface area (Å²) >= 11 is 0. The van der Waals surface area contributed by atoms with Crippen LogP contribution >= 0.6 is 0 Å². The first-order chi connectivity index (χ1) is 56.2. The van der Waals surface area contributed by atoms with E-state index in [1.165, 1.54) is 257 Å². The number of allylic oxidation sites excluding steroid dienone is 8. The molecular weight excluding hydrogens is 1420 g/mol. The fraction of sp³-hybridized carbons (Fsp3) is 0.891. The molecule has 1 heterocycles. The first-order valence-corrected chi connectivity index (χ1v) is 49.9. The average Bonchev–Trinajstić information content (AvgIpc) is 0.905. The molecule has 0 aromatic rings. The van der Waals surface area contributed by atoms with Crippen molar-refractivity contribution in [1.82, 2.24) is 14.7 Å². The van der Waals surface area contributed by atoms with Crippen molar-refractivity contribution in [3.05, 3.63) is 48.6 Å². The van der Waals surface area contributed by atoms with E-state index in [1.807, 2.05) is 0 Å². The van der Waals surface area contributed by atoms with Crippen LogP contribution in [0.25, 0.3) is 0 Å². The number of unbranched alkanes of at least 4 members (excludes halogenated alkanes) is 43. The van der Waals surface area contributed by atoms with Crippen molar-refractivity contribution in [2.24, 2.45) is 5.92 Å². The van der Waals surface area contributed by atoms with Gasteiger partial charge in [0.25, 0.3) is 0 Å². The zero-order valence-corrected chi connectivity index (χ0v) is 76.7. The smallest absolute Gasteiger partial charge is 0.309 e. The van der Waals surface area contributed by atoms with Crippen LogP contribution < -0.4 is 0 Å². The highest BCUT2D eigenvalue weighted by Gasteiger charge is 2.25. The molecule has 1 unspecified atom stereocenters. The van der Waals surface area contributed by atoms with E-state index in [2.05, 4.69) is 112 Å². The maximum atomic E-state index is 14.8. The van der Waals surface area contributed by atoms with Gasteiger partial charge in [-0.2, -0.15) is 0 Å². The Morgan fingerprint density at radius 3 is 0.982 bits per heavy atom. The number of carbonyl (C=O) groups excluding carboxylic acids is 3. The highest BCUT2D eigenvalue weighted by molar-refractivity contribution is 5.72. The summed E-state index contributed by atoms with van der Waals surface area (Å²) in [5.74, 6) is -0.320. The van der Waals surface area contributed by atoms with Crippen molar-refractivity contribution >= 4 is 17.9 Å². The number of carbonyl (C=O) groups is 3. The van der Waals surface area contributed by atoms with E-state index in [1.54, 1.807) is 0 Å². The van der Waals surface area contributed by atoms with Gasteiger partial charge >= 0.3 is 17.9 Å². The fourth-order valence-corrected chi connectivity index (χ4v) is 15.4. The number of ether oxygens (including phenoxy) is 7. The van der Waals surface area contributed by atoms with Crippen LogP contribution in [0.4, 0.5) is 0 Å². The second-order valence-electron chi connectivity index (χ2n) is 34.2. The molecule has 1 aliphatic rings. The summed E-state index contributed by atoms with van der Waals surface area (Å²) in [5, 5.41) is 0. The van der Waals surface area contributed by atoms with E-state index in [0.29, 0.717) is 65.3 Å². The number of rotatable bonds is 91. The number of hydrogen-bond donors (Lipinski definition) is 0. The molecule has 0 aliphatic carbocycles. The van der Waals surface area contributed by atoms with Gasteiger partial charge in [0.2, 0.25) is 0 Å². The lowest BCUT2D eigenvalue weighted by atomic mass is 9.95. The Morgan fingerprint density at radius 2 is 0.605 bits per heavy atom. The Morgan fingerprint density at radius 1 is 0.307 bits per heavy atom. The lowest BCUT2D eigenvalue weighted by molar-refractivity contribution is -0.162. The third-order valence-corrected chi connectivity index (χ3v) is 23.1. The van der Waals surface area contributed by atoms with Gasteiger partial charge in [-0.3, -0.25) is 14.4 Å². The molecule has 114 heavy (non-hydrogen) atoms. The maximum Gasteiger partial charge on any atom is 0.309 e. The highest BCUT2D eigenvalue weighted by atomic mass is 16.7. The first kappa shape index (κ1) is 109. The molecule has 1 atom stereocenters. The Balaban J connectivity index is 3.15. The second-order valence-corrected chi connectivity index (χ2v) is 34.2. The zero-order chi connectivity index (χ0) is 82.2. The van der Waals surface area contributed by atoms with E-state index in [9.17, 15) is 14.4 Å². The molecule has 13 heteroatoms. The summed E-state index contributed by atoms with van der Waals surface area (Å²) in [6, 6.07) is 0. The minimum Gasteiger partial charge on any atom is -0.465 e. The quantitative estimate of drug-likeness (QED) is 0.0189. The van der Waals surface area contributed by atoms with E-state index >= 15 is 0 Å². The number of likely N-dealkylation sites (N-methyl/N-ethyl adjacent to an activating group) is 1. The van der Waals surface area contributed by atoms with Crippen molar-refractivity contribution in [2.75, 3.05) is 99.0 Å². The molecule has 13 nitrogen and oxygen atoms in total. The third-order valence-electron chi connectivity index (χ3n) is 23.1. The lowest BCUT2D eigenvalue weighted by Crippen LogP contribution is -2.44. The summed E-state index contributed by atoms with van der Waals surface area (Å²) in [6.07, 6.45) is 90.9. The number of hydrogen-bond acceptors (Lipinski definition) is 13. The highest BCUT2D eigenvalue weighted by Crippen LogP contribution is 2.25. The van der Waals surface area contributed by atoms with Crippen molar-refractivity contribution in [3.63, 3.8) is 0 Å². The Labute approximate surface area is 707 Å². The molecule has 1 saturated heterocycles. The maximum absolute atomic E-state index is 14.8. The van der Waals surface area contributed by atoms with Gasteiger partial charge < -0.3 is 47.9 Å². The fourth-order valence-electron chi connectivity index (χ4n) is 15.4. The Bertz CT molecular complexity index is 1960. The Kier molecular flexibility index (Phi) is 85.5. The molecule has 670 valence electrons. The van der Waals surface area contributed by atoms with E-state index in [4.69, 9.17) is 33.2 Å². The molecule has 1 fully saturated rings. The van der Waals surface area contributed by atoms with Gasteiger partial charge in [0.1, 0.15) is 6.10 Å². The molecule has 0 amide bonds. The summed E-state index contributed by atoms with van der Waals surface area (Å²) in [7, 11) is 2.23. The van der Waals surface area contributed by atoms with Crippen LogP contribution in [0.3, 0.4) is 0 Å². The summed E-state index contributed by atoms with van der Waals surface area (Å²) in [6.45, 7) is 25.2. The van der Waals surface area contributed by atoms with Gasteiger partial charge in [0, 0.05) is 78.3 Å². The lowest BCUT2D eigenvalue weighted by Gasteiger charge is -2.32. The number of piperazine rings is 1.